The third-order valence-electron chi connectivity index (χ3n) is 5.83. The van der Waals surface area contributed by atoms with E-state index in [1.54, 1.807) is 14.2 Å². The third-order valence-corrected chi connectivity index (χ3v) is 5.83. The summed E-state index contributed by atoms with van der Waals surface area (Å²) < 4.78 is 10.8. The molecule has 0 aromatic heterocycles. The molecule has 1 aliphatic heterocycles. The van der Waals surface area contributed by atoms with Gasteiger partial charge >= 0.3 is 0 Å². The summed E-state index contributed by atoms with van der Waals surface area (Å²) in [5, 5.41) is 5.60. The molecular formula is C24H31N3O4. The molecular weight excluding hydrogens is 394 g/mol. The number of nitrogens with zero attached hydrogens (tertiary/aromatic N) is 1. The molecule has 31 heavy (non-hydrogen) atoms. The number of nitrogens with one attached hydrogen (secondary N) is 2. The normalized spacial score (nSPS) is 16.1. The van der Waals surface area contributed by atoms with Crippen LogP contribution in [0.5, 0.6) is 11.5 Å². The average Bonchev–Trinajstić information content (AvgIpc) is 3.22. The van der Waals surface area contributed by atoms with Gasteiger partial charge in [0.1, 0.15) is 11.5 Å². The first-order valence-corrected chi connectivity index (χ1v) is 10.5. The first-order valence-electron chi connectivity index (χ1n) is 10.5. The van der Waals surface area contributed by atoms with Crippen molar-refractivity contribution in [1.29, 1.82) is 0 Å². The fraction of sp³-hybridized carbons (Fsp3) is 0.417. The highest BCUT2D eigenvalue weighted by atomic mass is 16.5. The van der Waals surface area contributed by atoms with E-state index in [2.05, 4.69) is 15.5 Å². The van der Waals surface area contributed by atoms with E-state index in [4.69, 9.17) is 9.47 Å². The van der Waals surface area contributed by atoms with Gasteiger partial charge in [0.15, 0.2) is 0 Å². The number of amides is 2. The molecule has 1 heterocycles. The molecule has 2 aromatic rings. The van der Waals surface area contributed by atoms with E-state index in [-0.39, 0.29) is 30.9 Å². The second-order valence-corrected chi connectivity index (χ2v) is 7.81. The van der Waals surface area contributed by atoms with Crippen LogP contribution in [-0.2, 0) is 9.59 Å². The molecule has 0 bridgehead atoms. The zero-order chi connectivity index (χ0) is 22.4. The zero-order valence-electron chi connectivity index (χ0n) is 18.7. The lowest BCUT2D eigenvalue weighted by Gasteiger charge is -2.25. The number of rotatable bonds is 8. The lowest BCUT2D eigenvalue weighted by atomic mass is 10.0. The molecule has 7 heteroatoms. The van der Waals surface area contributed by atoms with Crippen molar-refractivity contribution in [2.45, 2.75) is 32.7 Å². The van der Waals surface area contributed by atoms with Gasteiger partial charge in [-0.25, -0.2) is 0 Å². The number of hydrogen-bond donors (Lipinski definition) is 2. The summed E-state index contributed by atoms with van der Waals surface area (Å²) in [4.78, 5) is 26.9. The van der Waals surface area contributed by atoms with E-state index in [1.807, 2.05) is 50.2 Å². The summed E-state index contributed by atoms with van der Waals surface area (Å²) in [6, 6.07) is 11.6. The highest BCUT2D eigenvalue weighted by Gasteiger charge is 2.30. The molecule has 166 valence electrons. The lowest BCUT2D eigenvalue weighted by Crippen LogP contribution is -2.40. The van der Waals surface area contributed by atoms with Crippen LogP contribution in [0.2, 0.25) is 0 Å². The van der Waals surface area contributed by atoms with Gasteiger partial charge < -0.3 is 20.1 Å². The third kappa shape index (κ3) is 5.55. The van der Waals surface area contributed by atoms with Crippen molar-refractivity contribution >= 4 is 17.5 Å². The number of likely N-dealkylation sites (tertiary alicyclic amines) is 1. The molecule has 0 unspecified atom stereocenters. The maximum absolute atomic E-state index is 12.5. The van der Waals surface area contributed by atoms with E-state index in [0.29, 0.717) is 0 Å². The van der Waals surface area contributed by atoms with Gasteiger partial charge in [-0.2, -0.15) is 0 Å². The first kappa shape index (κ1) is 22.6. The van der Waals surface area contributed by atoms with Crippen molar-refractivity contribution in [3.63, 3.8) is 0 Å². The molecule has 1 aliphatic rings. The topological polar surface area (TPSA) is 79.9 Å². The molecule has 2 amide bonds. The molecule has 0 spiro atoms. The van der Waals surface area contributed by atoms with E-state index in [0.717, 1.165) is 53.3 Å². The largest absolute Gasteiger partial charge is 0.497 e. The van der Waals surface area contributed by atoms with Crippen LogP contribution in [0.25, 0.3) is 0 Å². The number of carbonyl (C=O) groups excluding carboxylic acids is 2. The van der Waals surface area contributed by atoms with E-state index in [9.17, 15) is 9.59 Å². The van der Waals surface area contributed by atoms with E-state index in [1.165, 1.54) is 0 Å². The number of aryl methyl sites for hydroxylation is 1. The summed E-state index contributed by atoms with van der Waals surface area (Å²) in [5.74, 6) is 1.08. The predicted octanol–water partition coefficient (Wildman–Crippen LogP) is 3.21. The minimum absolute atomic E-state index is 0.0589. The van der Waals surface area contributed by atoms with Crippen LogP contribution in [0.1, 0.15) is 35.6 Å². The zero-order valence-corrected chi connectivity index (χ0v) is 18.7. The van der Waals surface area contributed by atoms with Crippen LogP contribution in [0.15, 0.2) is 36.4 Å². The fourth-order valence-corrected chi connectivity index (χ4v) is 3.96. The van der Waals surface area contributed by atoms with Gasteiger partial charge in [0.2, 0.25) is 11.8 Å². The first-order chi connectivity index (χ1) is 14.9. The highest BCUT2D eigenvalue weighted by molar-refractivity contribution is 5.95. The molecule has 0 aliphatic carbocycles. The summed E-state index contributed by atoms with van der Waals surface area (Å²) in [5.41, 5.74) is 3.94. The van der Waals surface area contributed by atoms with Crippen molar-refractivity contribution in [3.8, 4) is 11.5 Å². The monoisotopic (exact) mass is 425 g/mol. The molecule has 0 saturated carbocycles. The SMILES string of the molecule is COc1ccc([C@H]2CCCN2CC(=O)NCC(=O)Nc2cccc(C)c2C)c(OC)c1. The second-order valence-electron chi connectivity index (χ2n) is 7.81. The fourth-order valence-electron chi connectivity index (χ4n) is 3.96. The Morgan fingerprint density at radius 2 is 1.90 bits per heavy atom. The number of methoxy groups -OCH3 is 2. The Hall–Kier alpha value is -3.06. The number of anilines is 1. The van der Waals surface area contributed by atoms with Crippen LogP contribution in [0, 0.1) is 13.8 Å². The number of carbonyl (C=O) groups is 2. The summed E-state index contributed by atoms with van der Waals surface area (Å²) >= 11 is 0. The Labute approximate surface area is 183 Å². The maximum atomic E-state index is 12.5. The van der Waals surface area contributed by atoms with Gasteiger partial charge in [0.25, 0.3) is 0 Å². The molecule has 7 nitrogen and oxygen atoms in total. The summed E-state index contributed by atoms with van der Waals surface area (Å²) in [7, 11) is 3.26. The summed E-state index contributed by atoms with van der Waals surface area (Å²) in [6.07, 6.45) is 1.95. The maximum Gasteiger partial charge on any atom is 0.243 e. The Bertz CT molecular complexity index is 944. The molecule has 1 atom stereocenters. The van der Waals surface area contributed by atoms with Gasteiger partial charge in [0.05, 0.1) is 27.3 Å². The van der Waals surface area contributed by atoms with Gasteiger partial charge in [-0.3, -0.25) is 14.5 Å². The second kappa shape index (κ2) is 10.3. The number of ether oxygens (including phenoxy) is 2. The Morgan fingerprint density at radius 3 is 2.65 bits per heavy atom. The minimum Gasteiger partial charge on any atom is -0.497 e. The summed E-state index contributed by atoms with van der Waals surface area (Å²) in [6.45, 7) is 4.96. The standard InChI is InChI=1S/C24H31N3O4/c1-16-7-5-8-20(17(16)2)26-23(28)14-25-24(29)15-27-12-6-9-21(27)19-11-10-18(30-3)13-22(19)31-4/h5,7-8,10-11,13,21H,6,9,12,14-15H2,1-4H3,(H,25,29)(H,26,28)/t21-/m1/s1. The van der Waals surface area contributed by atoms with Crippen LogP contribution in [-0.4, -0.2) is 50.6 Å². The minimum atomic E-state index is -0.239. The Kier molecular flexibility index (Phi) is 7.52. The van der Waals surface area contributed by atoms with E-state index >= 15 is 0 Å². The van der Waals surface area contributed by atoms with Gasteiger partial charge in [0, 0.05) is 23.4 Å². The van der Waals surface area contributed by atoms with Crippen LogP contribution >= 0.6 is 0 Å². The molecule has 2 aromatic carbocycles. The van der Waals surface area contributed by atoms with Crippen molar-refractivity contribution in [2.75, 3.05) is 39.2 Å². The molecule has 2 N–H and O–H groups in total. The van der Waals surface area contributed by atoms with Crippen molar-refractivity contribution < 1.29 is 19.1 Å². The van der Waals surface area contributed by atoms with Gasteiger partial charge in [-0.15, -0.1) is 0 Å². The number of hydrogen-bond acceptors (Lipinski definition) is 5. The van der Waals surface area contributed by atoms with Crippen molar-refractivity contribution in [1.82, 2.24) is 10.2 Å². The number of benzene rings is 2. The highest BCUT2D eigenvalue weighted by Crippen LogP contribution is 2.38. The van der Waals surface area contributed by atoms with Gasteiger partial charge in [-0.1, -0.05) is 18.2 Å². The van der Waals surface area contributed by atoms with Crippen LogP contribution in [0.4, 0.5) is 5.69 Å². The van der Waals surface area contributed by atoms with Crippen LogP contribution < -0.4 is 20.1 Å². The molecule has 1 saturated heterocycles. The predicted molar refractivity (Wildman–Crippen MR) is 121 cm³/mol. The van der Waals surface area contributed by atoms with E-state index < -0.39 is 0 Å². The van der Waals surface area contributed by atoms with Crippen LogP contribution in [0.3, 0.4) is 0 Å². The van der Waals surface area contributed by atoms with Crippen molar-refractivity contribution in [2.24, 2.45) is 0 Å². The molecule has 3 rings (SSSR count). The molecule has 0 radical (unpaired) electrons. The molecule has 1 fully saturated rings. The Morgan fingerprint density at radius 1 is 1.10 bits per heavy atom. The van der Waals surface area contributed by atoms with Crippen molar-refractivity contribution in [3.05, 3.63) is 53.1 Å². The Balaban J connectivity index is 1.56. The average molecular weight is 426 g/mol. The van der Waals surface area contributed by atoms with Gasteiger partial charge in [-0.05, 0) is 56.5 Å². The quantitative estimate of drug-likeness (QED) is 0.679. The lowest BCUT2D eigenvalue weighted by molar-refractivity contribution is -0.125. The smallest absolute Gasteiger partial charge is 0.243 e.